The van der Waals surface area contributed by atoms with Gasteiger partial charge in [0.25, 0.3) is 0 Å². The van der Waals surface area contributed by atoms with Crippen molar-refractivity contribution in [1.29, 1.82) is 0 Å². The monoisotopic (exact) mass is 198 g/mol. The van der Waals surface area contributed by atoms with Gasteiger partial charge in [-0.3, -0.25) is 9.59 Å². The van der Waals surface area contributed by atoms with E-state index in [9.17, 15) is 9.59 Å². The van der Waals surface area contributed by atoms with E-state index in [1.807, 2.05) is 13.8 Å². The molecule has 1 aliphatic rings. The van der Waals surface area contributed by atoms with Gasteiger partial charge in [0.15, 0.2) is 0 Å². The van der Waals surface area contributed by atoms with Gasteiger partial charge in [0.05, 0.1) is 13.5 Å². The van der Waals surface area contributed by atoms with Crippen molar-refractivity contribution in [2.24, 2.45) is 11.3 Å². The first-order valence-corrected chi connectivity index (χ1v) is 5.09. The highest BCUT2D eigenvalue weighted by molar-refractivity contribution is 5.83. The van der Waals surface area contributed by atoms with Gasteiger partial charge in [0.1, 0.15) is 5.78 Å². The van der Waals surface area contributed by atoms with Crippen LogP contribution in [-0.4, -0.2) is 18.9 Å². The van der Waals surface area contributed by atoms with Crippen LogP contribution in [0.3, 0.4) is 0 Å². The van der Waals surface area contributed by atoms with Gasteiger partial charge >= 0.3 is 5.97 Å². The minimum absolute atomic E-state index is 0.0182. The fraction of sp³-hybridized carbons (Fsp3) is 0.818. The largest absolute Gasteiger partial charge is 0.469 e. The van der Waals surface area contributed by atoms with Crippen LogP contribution in [0.15, 0.2) is 0 Å². The van der Waals surface area contributed by atoms with E-state index >= 15 is 0 Å². The van der Waals surface area contributed by atoms with Crippen molar-refractivity contribution in [3.05, 3.63) is 0 Å². The van der Waals surface area contributed by atoms with Gasteiger partial charge in [-0.15, -0.1) is 0 Å². The Morgan fingerprint density at radius 1 is 1.64 bits per heavy atom. The van der Waals surface area contributed by atoms with Gasteiger partial charge in [-0.05, 0) is 18.3 Å². The number of hydrogen-bond donors (Lipinski definition) is 0. The third kappa shape index (κ3) is 2.14. The molecule has 0 amide bonds. The molecular weight excluding hydrogens is 180 g/mol. The fourth-order valence-corrected chi connectivity index (χ4v) is 2.13. The maximum atomic E-state index is 11.5. The molecule has 1 rings (SSSR count). The summed E-state index contributed by atoms with van der Waals surface area (Å²) in [6.07, 6.45) is 2.86. The number of ketones is 1. The highest BCUT2D eigenvalue weighted by Crippen LogP contribution is 2.41. The third-order valence-electron chi connectivity index (χ3n) is 3.48. The number of ether oxygens (including phenoxy) is 1. The van der Waals surface area contributed by atoms with Crippen molar-refractivity contribution in [1.82, 2.24) is 0 Å². The third-order valence-corrected chi connectivity index (χ3v) is 3.48. The van der Waals surface area contributed by atoms with Gasteiger partial charge in [-0.2, -0.15) is 0 Å². The predicted molar refractivity (Wildman–Crippen MR) is 52.8 cm³/mol. The topological polar surface area (TPSA) is 43.4 Å². The Bertz CT molecular complexity index is 247. The second kappa shape index (κ2) is 4.11. The summed E-state index contributed by atoms with van der Waals surface area (Å²) < 4.78 is 4.65. The van der Waals surface area contributed by atoms with Crippen molar-refractivity contribution in [2.45, 2.75) is 39.5 Å². The van der Waals surface area contributed by atoms with E-state index in [-0.39, 0.29) is 23.1 Å². The number of carbonyl (C=O) groups excluding carboxylic acids is 2. The predicted octanol–water partition coefficient (Wildman–Crippen LogP) is 1.94. The first-order valence-electron chi connectivity index (χ1n) is 5.09. The minimum atomic E-state index is -0.214. The van der Waals surface area contributed by atoms with E-state index < -0.39 is 0 Å². The quantitative estimate of drug-likeness (QED) is 0.637. The van der Waals surface area contributed by atoms with Crippen LogP contribution in [0.25, 0.3) is 0 Å². The Labute approximate surface area is 84.8 Å². The summed E-state index contributed by atoms with van der Waals surface area (Å²) in [4.78, 5) is 22.7. The zero-order valence-electron chi connectivity index (χ0n) is 9.13. The van der Waals surface area contributed by atoms with E-state index in [2.05, 4.69) is 4.74 Å². The average molecular weight is 198 g/mol. The van der Waals surface area contributed by atoms with Crippen LogP contribution in [0.2, 0.25) is 0 Å². The number of esters is 1. The fourth-order valence-electron chi connectivity index (χ4n) is 2.13. The number of hydrogen-bond acceptors (Lipinski definition) is 3. The lowest BCUT2D eigenvalue weighted by atomic mass is 9.66. The van der Waals surface area contributed by atoms with Crippen LogP contribution in [0, 0.1) is 11.3 Å². The van der Waals surface area contributed by atoms with Crippen molar-refractivity contribution in [3.8, 4) is 0 Å². The van der Waals surface area contributed by atoms with E-state index in [4.69, 9.17) is 0 Å². The molecule has 2 atom stereocenters. The van der Waals surface area contributed by atoms with Gasteiger partial charge < -0.3 is 4.74 Å². The lowest BCUT2D eigenvalue weighted by Gasteiger charge is -2.37. The lowest BCUT2D eigenvalue weighted by molar-refractivity contribution is -0.146. The molecule has 1 fully saturated rings. The number of rotatable bonds is 2. The molecular formula is C11H18O3. The summed E-state index contributed by atoms with van der Waals surface area (Å²) in [6, 6.07) is 0. The summed E-state index contributed by atoms with van der Waals surface area (Å²) in [5.41, 5.74) is -0.192. The van der Waals surface area contributed by atoms with E-state index in [0.717, 1.165) is 12.8 Å². The van der Waals surface area contributed by atoms with Crippen LogP contribution >= 0.6 is 0 Å². The molecule has 14 heavy (non-hydrogen) atoms. The lowest BCUT2D eigenvalue weighted by Crippen LogP contribution is -2.37. The van der Waals surface area contributed by atoms with Crippen molar-refractivity contribution < 1.29 is 14.3 Å². The van der Waals surface area contributed by atoms with Gasteiger partial charge in [0.2, 0.25) is 0 Å². The molecule has 0 N–H and O–H groups in total. The van der Waals surface area contributed by atoms with Crippen LogP contribution < -0.4 is 0 Å². The van der Waals surface area contributed by atoms with Crippen molar-refractivity contribution >= 4 is 11.8 Å². The summed E-state index contributed by atoms with van der Waals surface area (Å²) in [7, 11) is 1.39. The molecule has 0 saturated heterocycles. The molecule has 3 nitrogen and oxygen atoms in total. The molecule has 0 aromatic heterocycles. The Morgan fingerprint density at radius 2 is 2.29 bits per heavy atom. The number of Topliss-reactive ketones (excluding diaryl/α,β-unsaturated/α-hetero) is 1. The maximum Gasteiger partial charge on any atom is 0.306 e. The molecule has 1 unspecified atom stereocenters. The summed E-state index contributed by atoms with van der Waals surface area (Å²) in [6.45, 7) is 3.93. The average Bonchev–Trinajstić information content (AvgIpc) is 2.14. The molecule has 80 valence electrons. The van der Waals surface area contributed by atoms with E-state index in [0.29, 0.717) is 12.8 Å². The highest BCUT2D eigenvalue weighted by Gasteiger charge is 2.40. The number of carbonyl (C=O) groups is 2. The Morgan fingerprint density at radius 3 is 2.86 bits per heavy atom. The summed E-state index contributed by atoms with van der Waals surface area (Å²) in [5, 5.41) is 0. The van der Waals surface area contributed by atoms with Crippen LogP contribution in [-0.2, 0) is 14.3 Å². The second-order valence-electron chi connectivity index (χ2n) is 4.45. The molecule has 3 heteroatoms. The molecule has 0 aromatic rings. The molecule has 0 radical (unpaired) electrons. The summed E-state index contributed by atoms with van der Waals surface area (Å²) in [5.74, 6) is 0.0482. The van der Waals surface area contributed by atoms with E-state index in [1.54, 1.807) is 0 Å². The molecule has 0 aromatic carbocycles. The molecule has 0 heterocycles. The van der Waals surface area contributed by atoms with Crippen molar-refractivity contribution in [2.75, 3.05) is 7.11 Å². The standard InChI is InChI=1S/C11H18O3/c1-8-9(12)5-4-6-11(8,2)7-10(13)14-3/h8H,4-7H2,1-3H3/t8?,11-/m1/s1. The molecule has 0 spiro atoms. The highest BCUT2D eigenvalue weighted by atomic mass is 16.5. The first kappa shape index (κ1) is 11.2. The zero-order chi connectivity index (χ0) is 10.8. The molecule has 1 saturated carbocycles. The van der Waals surface area contributed by atoms with Crippen LogP contribution in [0.1, 0.15) is 39.5 Å². The maximum absolute atomic E-state index is 11.5. The second-order valence-corrected chi connectivity index (χ2v) is 4.45. The SMILES string of the molecule is COC(=O)C[C@@]1(C)CCCC(=O)C1C. The van der Waals surface area contributed by atoms with Gasteiger partial charge in [-0.25, -0.2) is 0 Å². The number of methoxy groups -OCH3 is 1. The molecule has 1 aliphatic carbocycles. The Hall–Kier alpha value is -0.860. The van der Waals surface area contributed by atoms with Crippen LogP contribution in [0.5, 0.6) is 0 Å². The molecule has 0 bridgehead atoms. The van der Waals surface area contributed by atoms with Crippen molar-refractivity contribution in [3.63, 3.8) is 0 Å². The normalized spacial score (nSPS) is 32.8. The van der Waals surface area contributed by atoms with Gasteiger partial charge in [0, 0.05) is 12.3 Å². The summed E-state index contributed by atoms with van der Waals surface area (Å²) >= 11 is 0. The van der Waals surface area contributed by atoms with Crippen LogP contribution in [0.4, 0.5) is 0 Å². The van der Waals surface area contributed by atoms with E-state index in [1.165, 1.54) is 7.11 Å². The first-order chi connectivity index (χ1) is 6.49. The zero-order valence-corrected chi connectivity index (χ0v) is 9.13. The molecule has 0 aliphatic heterocycles. The minimum Gasteiger partial charge on any atom is -0.469 e. The Kier molecular flexibility index (Phi) is 3.29. The smallest absolute Gasteiger partial charge is 0.306 e. The van der Waals surface area contributed by atoms with Gasteiger partial charge in [-0.1, -0.05) is 13.8 Å². The Balaban J connectivity index is 2.70.